The van der Waals surface area contributed by atoms with Gasteiger partial charge in [0.1, 0.15) is 41.9 Å². The number of hydrogen-bond acceptors (Lipinski definition) is 9. The van der Waals surface area contributed by atoms with Crippen molar-refractivity contribution in [1.82, 2.24) is 44.4 Å². The highest BCUT2D eigenvalue weighted by Gasteiger charge is 2.80. The Labute approximate surface area is 394 Å². The summed E-state index contributed by atoms with van der Waals surface area (Å²) in [6, 6.07) is 8.53. The highest BCUT2D eigenvalue weighted by Crippen LogP contribution is 2.84. The molecule has 2 saturated carbocycles. The Kier molecular flexibility index (Phi) is 10.8. The number of nitrogens with zero attached hydrogens (tertiary/aromatic N) is 8. The number of halogens is 10. The molecular weight excluding hydrogens is 983 g/mol. The molecule has 0 bridgehead atoms. The van der Waals surface area contributed by atoms with Crippen molar-refractivity contribution in [3.63, 3.8) is 0 Å². The van der Waals surface area contributed by atoms with Crippen LogP contribution in [0.25, 0.3) is 38.9 Å². The van der Waals surface area contributed by atoms with E-state index in [1.165, 1.54) is 31.3 Å². The number of amides is 1. The van der Waals surface area contributed by atoms with Crippen molar-refractivity contribution in [1.29, 1.82) is 0 Å². The largest absolute Gasteiger partial charge is 0.408 e. The number of alkyl halides is 7. The molecule has 14 nitrogen and oxygen atoms in total. The van der Waals surface area contributed by atoms with Gasteiger partial charge in [0, 0.05) is 46.8 Å². The lowest BCUT2D eigenvalue weighted by molar-refractivity contribution is -0.188. The molecule has 10 rings (SSSR count). The van der Waals surface area contributed by atoms with Gasteiger partial charge in [-0.25, -0.2) is 40.9 Å². The van der Waals surface area contributed by atoms with E-state index >= 15 is 13.6 Å². The quantitative estimate of drug-likeness (QED) is 0.113. The molecule has 1 spiro atoms. The first-order chi connectivity index (χ1) is 32.8. The molecule has 0 aliphatic heterocycles. The first-order valence-electron chi connectivity index (χ1n) is 21.4. The van der Waals surface area contributed by atoms with Crippen molar-refractivity contribution in [3.05, 3.63) is 122 Å². The van der Waals surface area contributed by atoms with Crippen LogP contribution in [0, 0.1) is 29.4 Å². The zero-order chi connectivity index (χ0) is 50.2. The van der Waals surface area contributed by atoms with Gasteiger partial charge in [0.25, 0.3) is 17.9 Å². The lowest BCUT2D eigenvalue weighted by Gasteiger charge is -2.53. The van der Waals surface area contributed by atoms with Gasteiger partial charge in [0.05, 0.1) is 44.8 Å². The third kappa shape index (κ3) is 7.82. The second-order valence-electron chi connectivity index (χ2n) is 18.3. The molecular formula is C45H36ClF9N10O4S. The third-order valence-electron chi connectivity index (χ3n) is 13.3. The lowest BCUT2D eigenvalue weighted by Crippen LogP contribution is -2.50. The molecule has 70 heavy (non-hydrogen) atoms. The fourth-order valence-corrected chi connectivity index (χ4v) is 11.3. The Morgan fingerprint density at radius 1 is 0.986 bits per heavy atom. The van der Waals surface area contributed by atoms with Crippen molar-refractivity contribution in [2.75, 3.05) is 11.0 Å². The molecule has 2 unspecified atom stereocenters. The summed E-state index contributed by atoms with van der Waals surface area (Å²) in [5.74, 6) is -9.06. The minimum absolute atomic E-state index is 0.0576. The molecule has 7 aromatic rings. The highest BCUT2D eigenvalue weighted by atomic mass is 35.5. The average molecular weight is 1020 g/mol. The highest BCUT2D eigenvalue weighted by molar-refractivity contribution is 7.92. The van der Waals surface area contributed by atoms with Crippen molar-refractivity contribution < 1.29 is 52.7 Å². The standard InChI is InChI=1S/C45H36ClF9N10O4S/c1-20-8-11-56-38(57-20)22-4-5-25-27(15-22)59-40(65(41(25)67)29-7-6-26(46)31-34(29)64(19-44(51,52)53)61-39(31)62-70(3,68)69)28(14-21-12-23(47)16-24(48)13-21)58-30(66)17-63-36-32(33(60-63)37(49)50)35-42(2,45(36,54)55)18-43(35)9-10-43/h4-8,11-13,15-16,28,35,37H,9-10,14,17-19H2,1-3H3,(H,58,66)(H,61,62)/t28-,35?,42?/m0/s1. The van der Waals surface area contributed by atoms with Crippen LogP contribution in [0.15, 0.2) is 65.6 Å². The minimum atomic E-state index is -5.02. The molecule has 3 aliphatic rings. The minimum Gasteiger partial charge on any atom is -0.344 e. The maximum Gasteiger partial charge on any atom is 0.408 e. The molecule has 2 fully saturated rings. The van der Waals surface area contributed by atoms with Gasteiger partial charge in [0.2, 0.25) is 15.9 Å². The molecule has 0 radical (unpaired) electrons. The number of nitrogens with one attached hydrogen (secondary N) is 2. The molecule has 366 valence electrons. The zero-order valence-electron chi connectivity index (χ0n) is 36.6. The van der Waals surface area contributed by atoms with Gasteiger partial charge in [-0.2, -0.15) is 32.1 Å². The van der Waals surface area contributed by atoms with E-state index in [4.69, 9.17) is 16.6 Å². The van der Waals surface area contributed by atoms with Crippen molar-refractivity contribution in [2.24, 2.45) is 10.8 Å². The second-order valence-corrected chi connectivity index (χ2v) is 20.5. The average Bonchev–Trinajstić information content (AvgIpc) is 3.80. The number of hydrogen-bond donors (Lipinski definition) is 2. The van der Waals surface area contributed by atoms with Crippen LogP contribution in [0.2, 0.25) is 5.02 Å². The Morgan fingerprint density at radius 2 is 1.70 bits per heavy atom. The predicted octanol–water partition coefficient (Wildman–Crippen LogP) is 8.98. The monoisotopic (exact) mass is 1020 g/mol. The van der Waals surface area contributed by atoms with Crippen LogP contribution in [0.3, 0.4) is 0 Å². The van der Waals surface area contributed by atoms with Crippen molar-refractivity contribution in [3.8, 4) is 17.1 Å². The fourth-order valence-electron chi connectivity index (χ4n) is 10.6. The molecule has 0 saturated heterocycles. The van der Waals surface area contributed by atoms with E-state index in [1.807, 2.05) is 4.72 Å². The van der Waals surface area contributed by atoms with Gasteiger partial charge in [-0.05, 0) is 79.6 Å². The van der Waals surface area contributed by atoms with Crippen LogP contribution in [0.1, 0.15) is 78.6 Å². The first kappa shape index (κ1) is 47.1. The summed E-state index contributed by atoms with van der Waals surface area (Å²) in [7, 11) is -4.25. The number of carbonyl (C=O) groups excluding carboxylic acids is 1. The summed E-state index contributed by atoms with van der Waals surface area (Å²) in [6.45, 7) is 0.0183. The van der Waals surface area contributed by atoms with Crippen LogP contribution in [0.5, 0.6) is 0 Å². The SMILES string of the molecule is Cc1ccnc(-c2ccc3c(=O)n(-c4ccc(Cl)c5c(NS(C)(=O)=O)nn(CC(F)(F)F)c45)c([C@H](Cc4cc(F)cc(F)c4)NC(=O)Cn4nc(C(F)F)c5c4C(F)(F)C4(C)CC6(CC6)C54)nc3c2)n1. The van der Waals surface area contributed by atoms with Crippen LogP contribution >= 0.6 is 11.6 Å². The fraction of sp³-hybridized carbons (Fsp3) is 0.356. The molecule has 3 aromatic carbocycles. The predicted molar refractivity (Wildman–Crippen MR) is 235 cm³/mol. The zero-order valence-corrected chi connectivity index (χ0v) is 38.2. The van der Waals surface area contributed by atoms with Gasteiger partial charge in [0.15, 0.2) is 11.6 Å². The molecule has 1 amide bonds. The lowest BCUT2D eigenvalue weighted by atomic mass is 9.51. The Balaban J connectivity index is 1.20. The maximum atomic E-state index is 16.6. The van der Waals surface area contributed by atoms with E-state index < -0.39 is 134 Å². The number of fused-ring (bicyclic) bond motifs is 6. The topological polar surface area (TPSA) is 172 Å². The number of aryl methyl sites for hydroxylation is 1. The molecule has 4 aromatic heterocycles. The van der Waals surface area contributed by atoms with E-state index in [1.54, 1.807) is 13.0 Å². The Bertz CT molecular complexity index is 3520. The second kappa shape index (κ2) is 16.0. The summed E-state index contributed by atoms with van der Waals surface area (Å²) in [4.78, 5) is 43.1. The van der Waals surface area contributed by atoms with E-state index in [0.717, 1.165) is 28.8 Å². The van der Waals surface area contributed by atoms with Gasteiger partial charge in [-0.3, -0.25) is 28.2 Å². The molecule has 2 N–H and O–H groups in total. The molecule has 25 heteroatoms. The number of carbonyl (C=O) groups is 1. The van der Waals surface area contributed by atoms with Crippen LogP contribution in [-0.2, 0) is 40.3 Å². The normalized spacial score (nSPS) is 19.4. The maximum absolute atomic E-state index is 16.6. The van der Waals surface area contributed by atoms with E-state index in [2.05, 4.69) is 25.5 Å². The molecule has 4 heterocycles. The van der Waals surface area contributed by atoms with E-state index in [-0.39, 0.29) is 39.3 Å². The van der Waals surface area contributed by atoms with Gasteiger partial charge in [-0.15, -0.1) is 0 Å². The van der Waals surface area contributed by atoms with Crippen LogP contribution in [0.4, 0.5) is 45.3 Å². The summed E-state index contributed by atoms with van der Waals surface area (Å²) >= 11 is 6.55. The van der Waals surface area contributed by atoms with Gasteiger partial charge < -0.3 is 5.32 Å². The van der Waals surface area contributed by atoms with E-state index in [0.29, 0.717) is 45.8 Å². The Hall–Kier alpha value is -6.56. The summed E-state index contributed by atoms with van der Waals surface area (Å²) in [6.07, 6.45) is -5.66. The van der Waals surface area contributed by atoms with Gasteiger partial charge in [-0.1, -0.05) is 24.6 Å². The van der Waals surface area contributed by atoms with Crippen LogP contribution in [-0.4, -0.2) is 65.8 Å². The summed E-state index contributed by atoms with van der Waals surface area (Å²) in [5, 5.41) is 9.38. The van der Waals surface area contributed by atoms with E-state index in [9.17, 15) is 43.9 Å². The van der Waals surface area contributed by atoms with Crippen LogP contribution < -0.4 is 15.6 Å². The third-order valence-corrected chi connectivity index (χ3v) is 14.2. The number of anilines is 1. The van der Waals surface area contributed by atoms with Gasteiger partial charge >= 0.3 is 6.18 Å². The van der Waals surface area contributed by atoms with Crippen molar-refractivity contribution >= 4 is 55.2 Å². The number of sulfonamides is 1. The number of aromatic nitrogens is 8. The Morgan fingerprint density at radius 3 is 2.34 bits per heavy atom. The smallest absolute Gasteiger partial charge is 0.344 e. The molecule has 3 atom stereocenters. The summed E-state index contributed by atoms with van der Waals surface area (Å²) in [5.41, 5.74) is -5.92. The summed E-state index contributed by atoms with van der Waals surface area (Å²) < 4.78 is 164. The first-order valence-corrected chi connectivity index (χ1v) is 23.7. The van der Waals surface area contributed by atoms with Crippen molar-refractivity contribution in [2.45, 2.75) is 83.1 Å². The number of benzene rings is 3. The molecule has 3 aliphatic carbocycles. The number of rotatable bonds is 12.